The summed E-state index contributed by atoms with van der Waals surface area (Å²) >= 11 is 1.22. The molecule has 2 heterocycles. The number of aliphatic hydroxyl groups excluding tert-OH is 2. The van der Waals surface area contributed by atoms with E-state index in [0.717, 1.165) is 0 Å². The van der Waals surface area contributed by atoms with E-state index >= 15 is 4.39 Å². The van der Waals surface area contributed by atoms with E-state index in [4.69, 9.17) is 9.47 Å². The lowest BCUT2D eigenvalue weighted by Crippen LogP contribution is -2.69. The summed E-state index contributed by atoms with van der Waals surface area (Å²) in [5.41, 5.74) is -5.10. The van der Waals surface area contributed by atoms with Crippen LogP contribution in [0.1, 0.15) is 44.4 Å². The average Bonchev–Trinajstić information content (AvgIpc) is 3.51. The molecule has 4 fully saturated rings. The first-order chi connectivity index (χ1) is 17.5. The predicted molar refractivity (Wildman–Crippen MR) is 132 cm³/mol. The van der Waals surface area contributed by atoms with E-state index < -0.39 is 58.9 Å². The van der Waals surface area contributed by atoms with E-state index in [1.807, 2.05) is 6.92 Å². The lowest BCUT2D eigenvalue weighted by Gasteiger charge is -2.62. The second kappa shape index (κ2) is 8.23. The molecule has 2 N–H and O–H groups in total. The fraction of sp³-hybridized carbons (Fsp3) is 0.571. The number of Topliss-reactive ketones (excluding diaryl/α,β-unsaturated/α-hetero) is 1. The Morgan fingerprint density at radius 2 is 2.11 bits per heavy atom. The summed E-state index contributed by atoms with van der Waals surface area (Å²) in [4.78, 5) is 25.8. The zero-order valence-electron chi connectivity index (χ0n) is 20.7. The first kappa shape index (κ1) is 25.2. The monoisotopic (exact) mass is 532 g/mol. The van der Waals surface area contributed by atoms with Crippen molar-refractivity contribution in [3.63, 3.8) is 0 Å². The maximum atomic E-state index is 17.3. The van der Waals surface area contributed by atoms with Crippen LogP contribution in [0.4, 0.5) is 8.78 Å². The standard InChI is InChI=1S/C28H30F2O6S/c1-25-9-7-16(32)11-15(25)3-4-17-18-12-23-28(22(34)14-31,26(18,2)13-21(33)27(17,25)30)36-24(35-23)6-5-20-19(29)8-10-37-20/h5-11,17-18,21,23-24,31,33H,3-4,12-14H2,1-2H3/b6-5+/t17?,18-,21-,23+,24+,25?,26-,27-,28+/m0/s1. The Morgan fingerprint density at radius 3 is 2.81 bits per heavy atom. The van der Waals surface area contributed by atoms with Crippen molar-refractivity contribution in [2.45, 2.75) is 69.3 Å². The molecule has 1 aliphatic heterocycles. The molecule has 6 nitrogen and oxygen atoms in total. The van der Waals surface area contributed by atoms with Gasteiger partial charge in [0.15, 0.2) is 29.1 Å². The first-order valence-corrected chi connectivity index (χ1v) is 13.6. The van der Waals surface area contributed by atoms with Gasteiger partial charge in [0.1, 0.15) is 12.4 Å². The molecule has 2 unspecified atom stereocenters. The number of hydrogen-bond donors (Lipinski definition) is 2. The number of fused-ring (bicyclic) bond motifs is 7. The van der Waals surface area contributed by atoms with Crippen LogP contribution < -0.4 is 0 Å². The second-order valence-corrected chi connectivity index (χ2v) is 12.4. The highest BCUT2D eigenvalue weighted by Gasteiger charge is 2.79. The zero-order chi connectivity index (χ0) is 26.4. The van der Waals surface area contributed by atoms with Crippen LogP contribution >= 0.6 is 11.3 Å². The third-order valence-corrected chi connectivity index (χ3v) is 10.9. The van der Waals surface area contributed by atoms with Crippen molar-refractivity contribution in [3.8, 4) is 0 Å². The number of rotatable bonds is 4. The van der Waals surface area contributed by atoms with Gasteiger partial charge in [0.2, 0.25) is 0 Å². The number of carbonyl (C=O) groups is 2. The average molecular weight is 533 g/mol. The Bertz CT molecular complexity index is 1250. The Balaban J connectivity index is 1.38. The van der Waals surface area contributed by atoms with Crippen LogP contribution in [0.25, 0.3) is 6.08 Å². The number of aliphatic hydroxyl groups is 2. The zero-order valence-corrected chi connectivity index (χ0v) is 21.5. The Labute approximate surface area is 217 Å². The molecule has 9 atom stereocenters. The molecule has 0 aromatic carbocycles. The highest BCUT2D eigenvalue weighted by atomic mass is 32.1. The summed E-state index contributed by atoms with van der Waals surface area (Å²) in [6.45, 7) is 2.78. The molecule has 4 aliphatic carbocycles. The van der Waals surface area contributed by atoms with Gasteiger partial charge in [-0.2, -0.15) is 0 Å². The van der Waals surface area contributed by atoms with Gasteiger partial charge in [-0.1, -0.05) is 18.6 Å². The van der Waals surface area contributed by atoms with E-state index in [2.05, 4.69) is 0 Å². The molecule has 5 aliphatic rings. The summed E-state index contributed by atoms with van der Waals surface area (Å²) in [5.74, 6) is -2.11. The molecule has 3 saturated carbocycles. The SMILES string of the molecule is CC12C=CC(=O)C=C1CCC1[C@@H]3C[C@H]4O[C@@H](/C=C/c5sccc5F)O[C@@]4(C(=O)CO)[C@@]3(C)C[C@H](O)[C@@]12F. The summed E-state index contributed by atoms with van der Waals surface area (Å²) in [6.07, 6.45) is 5.53. The smallest absolute Gasteiger partial charge is 0.193 e. The normalized spacial score (nSPS) is 46.4. The van der Waals surface area contributed by atoms with Gasteiger partial charge in [0, 0.05) is 16.7 Å². The van der Waals surface area contributed by atoms with Crippen LogP contribution in [0.5, 0.6) is 0 Å². The van der Waals surface area contributed by atoms with Gasteiger partial charge in [0.25, 0.3) is 0 Å². The number of ketones is 2. The van der Waals surface area contributed by atoms with Gasteiger partial charge in [-0.15, -0.1) is 11.3 Å². The molecule has 1 saturated heterocycles. The maximum absolute atomic E-state index is 17.3. The van der Waals surface area contributed by atoms with Crippen molar-refractivity contribution >= 4 is 29.0 Å². The van der Waals surface area contributed by atoms with Crippen LogP contribution in [0.3, 0.4) is 0 Å². The van der Waals surface area contributed by atoms with E-state index in [1.165, 1.54) is 35.6 Å². The topological polar surface area (TPSA) is 93.1 Å². The van der Waals surface area contributed by atoms with Gasteiger partial charge < -0.3 is 19.7 Å². The molecule has 0 amide bonds. The molecule has 0 bridgehead atoms. The van der Waals surface area contributed by atoms with Gasteiger partial charge in [0.05, 0.1) is 17.1 Å². The number of carbonyl (C=O) groups excluding carboxylic acids is 2. The molecular formula is C28H30F2O6S. The minimum absolute atomic E-state index is 0.0725. The van der Waals surface area contributed by atoms with Crippen molar-refractivity contribution in [2.24, 2.45) is 22.7 Å². The van der Waals surface area contributed by atoms with Crippen molar-refractivity contribution < 1.29 is 38.1 Å². The van der Waals surface area contributed by atoms with Crippen molar-refractivity contribution in [2.75, 3.05) is 6.61 Å². The molecule has 0 spiro atoms. The Morgan fingerprint density at radius 1 is 1.32 bits per heavy atom. The number of hydrogen-bond acceptors (Lipinski definition) is 7. The highest BCUT2D eigenvalue weighted by Crippen LogP contribution is 2.71. The van der Waals surface area contributed by atoms with Gasteiger partial charge >= 0.3 is 0 Å². The van der Waals surface area contributed by atoms with E-state index in [0.29, 0.717) is 29.7 Å². The van der Waals surface area contributed by atoms with E-state index in [9.17, 15) is 24.2 Å². The van der Waals surface area contributed by atoms with Crippen molar-refractivity contribution in [1.82, 2.24) is 0 Å². The number of alkyl halides is 1. The molecule has 0 radical (unpaired) electrons. The van der Waals surface area contributed by atoms with Crippen molar-refractivity contribution in [3.05, 3.63) is 52.0 Å². The summed E-state index contributed by atoms with van der Waals surface area (Å²) in [6, 6.07) is 1.35. The maximum Gasteiger partial charge on any atom is 0.193 e. The Hall–Kier alpha value is -2.04. The summed E-state index contributed by atoms with van der Waals surface area (Å²) in [7, 11) is 0. The number of ether oxygens (including phenoxy) is 2. The van der Waals surface area contributed by atoms with Crippen LogP contribution in [0.15, 0.2) is 41.3 Å². The number of thiophene rings is 1. The molecule has 9 heteroatoms. The number of halogens is 2. The molecule has 37 heavy (non-hydrogen) atoms. The quantitative estimate of drug-likeness (QED) is 0.611. The fourth-order valence-corrected chi connectivity index (χ4v) is 8.95. The lowest BCUT2D eigenvalue weighted by atomic mass is 9.44. The predicted octanol–water partition coefficient (Wildman–Crippen LogP) is 3.92. The fourth-order valence-electron chi connectivity index (χ4n) is 8.28. The molecule has 198 valence electrons. The molecule has 1 aromatic heterocycles. The minimum Gasteiger partial charge on any atom is -0.390 e. The Kier molecular flexibility index (Phi) is 5.62. The van der Waals surface area contributed by atoms with Crippen LogP contribution in [0.2, 0.25) is 0 Å². The molecule has 1 aromatic rings. The van der Waals surface area contributed by atoms with Crippen LogP contribution in [-0.2, 0) is 19.1 Å². The van der Waals surface area contributed by atoms with E-state index in [-0.39, 0.29) is 23.9 Å². The molecular weight excluding hydrogens is 502 g/mol. The first-order valence-electron chi connectivity index (χ1n) is 12.7. The third-order valence-electron chi connectivity index (χ3n) is 10.0. The van der Waals surface area contributed by atoms with Crippen LogP contribution in [0, 0.1) is 28.5 Å². The third kappa shape index (κ3) is 3.09. The van der Waals surface area contributed by atoms with Crippen LogP contribution in [-0.4, -0.2) is 58.2 Å². The molecule has 6 rings (SSSR count). The summed E-state index contributed by atoms with van der Waals surface area (Å²) < 4.78 is 43.7. The van der Waals surface area contributed by atoms with Gasteiger partial charge in [-0.05, 0) is 74.3 Å². The van der Waals surface area contributed by atoms with Gasteiger partial charge in [-0.25, -0.2) is 8.78 Å². The highest BCUT2D eigenvalue weighted by molar-refractivity contribution is 7.10. The summed E-state index contributed by atoms with van der Waals surface area (Å²) in [5, 5.41) is 23.1. The largest absolute Gasteiger partial charge is 0.390 e. The van der Waals surface area contributed by atoms with Gasteiger partial charge in [-0.3, -0.25) is 9.59 Å². The van der Waals surface area contributed by atoms with E-state index in [1.54, 1.807) is 24.5 Å². The second-order valence-electron chi connectivity index (χ2n) is 11.4. The minimum atomic E-state index is -2.05. The number of allylic oxidation sites excluding steroid dienone is 4. The van der Waals surface area contributed by atoms with Crippen molar-refractivity contribution in [1.29, 1.82) is 0 Å². The lowest BCUT2D eigenvalue weighted by molar-refractivity contribution is -0.226.